The van der Waals surface area contributed by atoms with Gasteiger partial charge in [-0.1, -0.05) is 29.0 Å². The molecule has 36 heavy (non-hydrogen) atoms. The second kappa shape index (κ2) is 11.0. The van der Waals surface area contributed by atoms with Crippen LogP contribution in [0.3, 0.4) is 0 Å². The van der Waals surface area contributed by atoms with Gasteiger partial charge in [0.25, 0.3) is 5.56 Å². The molecule has 0 N–H and O–H groups in total. The maximum atomic E-state index is 13.8. The third-order valence-electron chi connectivity index (χ3n) is 5.57. The number of thiazole rings is 1. The summed E-state index contributed by atoms with van der Waals surface area (Å²) in [4.78, 5) is 31.9. The molecule has 0 radical (unpaired) electrons. The number of esters is 1. The Labute approximate surface area is 225 Å². The molecule has 0 saturated carbocycles. The normalized spacial score (nSPS) is 15.4. The van der Waals surface area contributed by atoms with Gasteiger partial charge in [-0.05, 0) is 78.7 Å². The van der Waals surface area contributed by atoms with Crippen molar-refractivity contribution in [1.29, 1.82) is 0 Å². The first-order chi connectivity index (χ1) is 17.3. The summed E-state index contributed by atoms with van der Waals surface area (Å²) < 4.78 is 19.1. The van der Waals surface area contributed by atoms with Crippen LogP contribution in [0.15, 0.2) is 61.9 Å². The van der Waals surface area contributed by atoms with Crippen molar-refractivity contribution in [1.82, 2.24) is 4.57 Å². The number of fused-ring (bicyclic) bond motifs is 1. The summed E-state index contributed by atoms with van der Waals surface area (Å²) in [5, 5.41) is 0.527. The fraction of sp³-hybridized carbons (Fsp3) is 0.269. The monoisotopic (exact) mass is 590 g/mol. The largest absolute Gasteiger partial charge is 0.496 e. The third kappa shape index (κ3) is 5.00. The van der Waals surface area contributed by atoms with Gasteiger partial charge in [0.1, 0.15) is 11.5 Å². The summed E-state index contributed by atoms with van der Waals surface area (Å²) in [5.41, 5.74) is 1.92. The molecule has 1 atom stereocenters. The van der Waals surface area contributed by atoms with Crippen LogP contribution < -0.4 is 24.4 Å². The molecule has 2 heterocycles. The number of allylic oxidation sites excluding steroid dienone is 1. The average Bonchev–Trinajstić information content (AvgIpc) is 3.14. The number of halogens is 2. The Morgan fingerprint density at radius 3 is 2.61 bits per heavy atom. The third-order valence-corrected chi connectivity index (χ3v) is 7.40. The Morgan fingerprint density at radius 2 is 1.94 bits per heavy atom. The highest BCUT2D eigenvalue weighted by Crippen LogP contribution is 2.35. The first kappa shape index (κ1) is 26.2. The molecule has 7 nitrogen and oxygen atoms in total. The van der Waals surface area contributed by atoms with E-state index in [0.29, 0.717) is 59.3 Å². The smallest absolute Gasteiger partial charge is 0.338 e. The van der Waals surface area contributed by atoms with Gasteiger partial charge >= 0.3 is 5.97 Å². The van der Waals surface area contributed by atoms with E-state index in [2.05, 4.69) is 20.9 Å². The van der Waals surface area contributed by atoms with E-state index in [9.17, 15) is 9.59 Å². The van der Waals surface area contributed by atoms with E-state index in [-0.39, 0.29) is 12.2 Å². The van der Waals surface area contributed by atoms with Crippen LogP contribution in [0.1, 0.15) is 37.9 Å². The van der Waals surface area contributed by atoms with Crippen LogP contribution in [-0.4, -0.2) is 30.9 Å². The Kier molecular flexibility index (Phi) is 8.02. The summed E-state index contributed by atoms with van der Waals surface area (Å²) in [6.45, 7) is 6.05. The molecule has 10 heteroatoms. The number of benzene rings is 2. The van der Waals surface area contributed by atoms with E-state index in [1.54, 1.807) is 51.3 Å². The summed E-state index contributed by atoms with van der Waals surface area (Å²) >= 11 is 11.0. The fourth-order valence-electron chi connectivity index (χ4n) is 4.02. The van der Waals surface area contributed by atoms with E-state index in [1.165, 1.54) is 15.9 Å². The fourth-order valence-corrected chi connectivity index (χ4v) is 5.80. The molecule has 0 bridgehead atoms. The summed E-state index contributed by atoms with van der Waals surface area (Å²) in [7, 11) is 1.57. The molecule has 0 fully saturated rings. The predicted octanol–water partition coefficient (Wildman–Crippen LogP) is 4.62. The number of aromatic nitrogens is 1. The van der Waals surface area contributed by atoms with Gasteiger partial charge in [0.2, 0.25) is 0 Å². The van der Waals surface area contributed by atoms with Gasteiger partial charge in [-0.3, -0.25) is 9.36 Å². The molecule has 4 rings (SSSR count). The van der Waals surface area contributed by atoms with E-state index >= 15 is 0 Å². The van der Waals surface area contributed by atoms with Crippen LogP contribution in [0.2, 0.25) is 5.02 Å². The lowest BCUT2D eigenvalue weighted by molar-refractivity contribution is -0.139. The molecule has 1 aliphatic rings. The van der Waals surface area contributed by atoms with Crippen molar-refractivity contribution in [2.24, 2.45) is 4.99 Å². The molecule has 1 aromatic heterocycles. The molecular weight excluding hydrogens is 568 g/mol. The lowest BCUT2D eigenvalue weighted by Gasteiger charge is -2.25. The first-order valence-corrected chi connectivity index (χ1v) is 13.2. The number of carbonyl (C=O) groups is 1. The second-order valence-corrected chi connectivity index (χ2v) is 10.1. The minimum absolute atomic E-state index is 0.202. The standard InChI is InChI=1S/C26H24BrClN2O5S/c1-5-34-19-10-8-17(28)11-16(19)13-21-24(31)30-23(15-7-9-20(33-4)18(27)12-15)22(25(32)35-6-2)14(3)29-26(30)36-21/h7-13,23H,5-6H2,1-4H3/b21-13+/t23-/m1/s1. The molecular formula is C26H24BrClN2O5S. The molecule has 0 aliphatic carbocycles. The van der Waals surface area contributed by atoms with E-state index in [0.717, 1.165) is 0 Å². The number of hydrogen-bond donors (Lipinski definition) is 0. The van der Waals surface area contributed by atoms with Gasteiger partial charge < -0.3 is 14.2 Å². The van der Waals surface area contributed by atoms with Crippen LogP contribution >= 0.6 is 38.9 Å². The first-order valence-electron chi connectivity index (χ1n) is 11.2. The summed E-state index contributed by atoms with van der Waals surface area (Å²) in [6.07, 6.45) is 1.74. The number of hydrogen-bond acceptors (Lipinski definition) is 7. The Balaban J connectivity index is 1.97. The molecule has 188 valence electrons. The molecule has 0 spiro atoms. The van der Waals surface area contributed by atoms with Crippen molar-refractivity contribution in [2.45, 2.75) is 26.8 Å². The quantitative estimate of drug-likeness (QED) is 0.375. The van der Waals surface area contributed by atoms with Crippen molar-refractivity contribution >= 4 is 50.9 Å². The number of nitrogens with zero attached hydrogens (tertiary/aromatic N) is 2. The van der Waals surface area contributed by atoms with Gasteiger partial charge in [0.05, 0.1) is 46.6 Å². The van der Waals surface area contributed by atoms with Crippen LogP contribution in [-0.2, 0) is 9.53 Å². The molecule has 0 saturated heterocycles. The van der Waals surface area contributed by atoms with Crippen molar-refractivity contribution in [3.05, 3.63) is 88.0 Å². The van der Waals surface area contributed by atoms with Crippen molar-refractivity contribution in [3.8, 4) is 11.5 Å². The number of methoxy groups -OCH3 is 1. The van der Waals surface area contributed by atoms with Crippen molar-refractivity contribution in [3.63, 3.8) is 0 Å². The maximum absolute atomic E-state index is 13.8. The van der Waals surface area contributed by atoms with E-state index < -0.39 is 12.0 Å². The minimum Gasteiger partial charge on any atom is -0.496 e. The molecule has 3 aromatic rings. The van der Waals surface area contributed by atoms with E-state index in [1.807, 2.05) is 19.1 Å². The summed E-state index contributed by atoms with van der Waals surface area (Å²) in [6, 6.07) is 9.98. The molecule has 1 aliphatic heterocycles. The Hall–Kier alpha value is -2.88. The Bertz CT molecular complexity index is 1540. The SMILES string of the molecule is CCOC(=O)C1=C(C)N=c2s/c(=C/c3cc(Cl)ccc3OCC)c(=O)n2[C@@H]1c1ccc(OC)c(Br)c1. The highest BCUT2D eigenvalue weighted by molar-refractivity contribution is 9.10. The predicted molar refractivity (Wildman–Crippen MR) is 144 cm³/mol. The lowest BCUT2D eigenvalue weighted by Crippen LogP contribution is -2.40. The van der Waals surface area contributed by atoms with Gasteiger partial charge in [0.15, 0.2) is 4.80 Å². The molecule has 0 unspecified atom stereocenters. The Morgan fingerprint density at radius 1 is 1.19 bits per heavy atom. The van der Waals surface area contributed by atoms with Crippen molar-refractivity contribution < 1.29 is 19.0 Å². The number of ether oxygens (including phenoxy) is 3. The topological polar surface area (TPSA) is 79.1 Å². The zero-order valence-electron chi connectivity index (χ0n) is 20.1. The second-order valence-electron chi connectivity index (χ2n) is 7.81. The van der Waals surface area contributed by atoms with E-state index in [4.69, 9.17) is 25.8 Å². The van der Waals surface area contributed by atoms with Crippen LogP contribution in [0.25, 0.3) is 6.08 Å². The summed E-state index contributed by atoms with van der Waals surface area (Å²) in [5.74, 6) is 0.735. The van der Waals surface area contributed by atoms with Crippen LogP contribution in [0.5, 0.6) is 11.5 Å². The highest BCUT2D eigenvalue weighted by Gasteiger charge is 2.33. The number of rotatable bonds is 7. The van der Waals surface area contributed by atoms with Gasteiger partial charge in [-0.15, -0.1) is 0 Å². The van der Waals surface area contributed by atoms with Gasteiger partial charge in [0, 0.05) is 10.6 Å². The van der Waals surface area contributed by atoms with Crippen LogP contribution in [0.4, 0.5) is 0 Å². The van der Waals surface area contributed by atoms with Gasteiger partial charge in [-0.25, -0.2) is 9.79 Å². The lowest BCUT2D eigenvalue weighted by atomic mass is 9.96. The molecule has 0 amide bonds. The van der Waals surface area contributed by atoms with Crippen molar-refractivity contribution in [2.75, 3.05) is 20.3 Å². The molecule has 2 aromatic carbocycles. The maximum Gasteiger partial charge on any atom is 0.338 e. The zero-order valence-corrected chi connectivity index (χ0v) is 23.3. The van der Waals surface area contributed by atoms with Crippen LogP contribution in [0, 0.1) is 0 Å². The zero-order chi connectivity index (χ0) is 26.0. The number of carbonyl (C=O) groups excluding carboxylic acids is 1. The average molecular weight is 592 g/mol. The van der Waals surface area contributed by atoms with Gasteiger partial charge in [-0.2, -0.15) is 0 Å². The highest BCUT2D eigenvalue weighted by atomic mass is 79.9. The minimum atomic E-state index is -0.727.